The third kappa shape index (κ3) is 5.02. The Morgan fingerprint density at radius 3 is 2.00 bits per heavy atom. The predicted octanol–water partition coefficient (Wildman–Crippen LogP) is 3.72. The molecule has 1 N–H and O–H groups in total. The number of nitrogens with one attached hydrogen (secondary N) is 1. The Morgan fingerprint density at radius 1 is 0.818 bits per heavy atom. The highest BCUT2D eigenvalue weighted by molar-refractivity contribution is 6.21. The van der Waals surface area contributed by atoms with Crippen molar-refractivity contribution in [1.82, 2.24) is 15.1 Å². The molecule has 0 aromatic heterocycles. The number of hydrogen-bond acceptors (Lipinski definition) is 4. The highest BCUT2D eigenvalue weighted by Gasteiger charge is 2.34. The molecule has 3 amide bonds. The van der Waals surface area contributed by atoms with E-state index in [2.05, 4.69) is 34.5 Å². The van der Waals surface area contributed by atoms with Crippen LogP contribution in [0.5, 0.6) is 0 Å². The summed E-state index contributed by atoms with van der Waals surface area (Å²) in [5, 5.41) is 2.93. The molecule has 4 rings (SSSR count). The molecule has 0 saturated carbocycles. The fourth-order valence-corrected chi connectivity index (χ4v) is 4.05. The van der Waals surface area contributed by atoms with Crippen molar-refractivity contribution < 1.29 is 14.4 Å². The first kappa shape index (κ1) is 22.4. The Labute approximate surface area is 193 Å². The Kier molecular flexibility index (Phi) is 6.66. The highest BCUT2D eigenvalue weighted by atomic mass is 16.2. The quantitative estimate of drug-likeness (QED) is 0.541. The van der Waals surface area contributed by atoms with Gasteiger partial charge < -0.3 is 10.2 Å². The molecule has 0 bridgehead atoms. The van der Waals surface area contributed by atoms with Gasteiger partial charge in [0.15, 0.2) is 0 Å². The number of nitrogens with zero attached hydrogens (tertiary/aromatic N) is 2. The van der Waals surface area contributed by atoms with E-state index in [0.717, 1.165) is 28.1 Å². The van der Waals surface area contributed by atoms with Gasteiger partial charge in [0.25, 0.3) is 11.8 Å². The average Bonchev–Trinajstić information content (AvgIpc) is 3.06. The van der Waals surface area contributed by atoms with E-state index in [4.69, 9.17) is 0 Å². The van der Waals surface area contributed by atoms with Gasteiger partial charge in [-0.1, -0.05) is 60.7 Å². The Morgan fingerprint density at radius 2 is 1.39 bits per heavy atom. The molecule has 168 valence electrons. The lowest BCUT2D eigenvalue weighted by atomic mass is 9.98. The molecule has 6 heteroatoms. The van der Waals surface area contributed by atoms with Gasteiger partial charge in [0.2, 0.25) is 5.91 Å². The monoisotopic (exact) mass is 441 g/mol. The highest BCUT2D eigenvalue weighted by Crippen LogP contribution is 2.25. The van der Waals surface area contributed by atoms with Gasteiger partial charge in [0.05, 0.1) is 11.1 Å². The second-order valence-corrected chi connectivity index (χ2v) is 8.43. The summed E-state index contributed by atoms with van der Waals surface area (Å²) in [7, 11) is 4.08. The summed E-state index contributed by atoms with van der Waals surface area (Å²) < 4.78 is 0. The van der Waals surface area contributed by atoms with E-state index in [1.165, 1.54) is 5.56 Å². The summed E-state index contributed by atoms with van der Waals surface area (Å²) in [5.74, 6) is -0.888. The van der Waals surface area contributed by atoms with E-state index in [1.807, 2.05) is 38.4 Å². The van der Waals surface area contributed by atoms with Gasteiger partial charge in [0.1, 0.15) is 0 Å². The first-order valence-corrected chi connectivity index (χ1v) is 11.0. The molecule has 0 aliphatic carbocycles. The van der Waals surface area contributed by atoms with Crippen LogP contribution in [0.25, 0.3) is 11.1 Å². The minimum absolute atomic E-state index is 0.0624. The van der Waals surface area contributed by atoms with Gasteiger partial charge in [-0.2, -0.15) is 0 Å². The summed E-state index contributed by atoms with van der Waals surface area (Å²) in [4.78, 5) is 40.7. The lowest BCUT2D eigenvalue weighted by Gasteiger charge is -2.15. The topological polar surface area (TPSA) is 69.7 Å². The Hall–Kier alpha value is -3.77. The average molecular weight is 442 g/mol. The summed E-state index contributed by atoms with van der Waals surface area (Å²) in [6.07, 6.45) is 0.0624. The van der Waals surface area contributed by atoms with E-state index < -0.39 is 0 Å². The molecule has 1 aliphatic rings. The van der Waals surface area contributed by atoms with E-state index in [9.17, 15) is 14.4 Å². The number of carbonyl (C=O) groups is 3. The number of benzene rings is 3. The van der Waals surface area contributed by atoms with Crippen LogP contribution in [0.1, 0.15) is 38.3 Å². The van der Waals surface area contributed by atoms with Crippen LogP contribution in [-0.2, 0) is 17.9 Å². The molecular weight excluding hydrogens is 414 g/mol. The molecule has 3 aromatic rings. The van der Waals surface area contributed by atoms with Crippen LogP contribution in [0.3, 0.4) is 0 Å². The van der Waals surface area contributed by atoms with Crippen molar-refractivity contribution in [2.45, 2.75) is 19.5 Å². The van der Waals surface area contributed by atoms with Gasteiger partial charge in [0, 0.05) is 26.1 Å². The molecule has 0 unspecified atom stereocenters. The third-order valence-corrected chi connectivity index (χ3v) is 5.70. The number of hydrogen-bond donors (Lipinski definition) is 1. The van der Waals surface area contributed by atoms with Gasteiger partial charge in [-0.05, 0) is 48.5 Å². The summed E-state index contributed by atoms with van der Waals surface area (Å²) in [5.41, 5.74) is 5.19. The second kappa shape index (κ2) is 9.79. The lowest BCUT2D eigenvalue weighted by molar-refractivity contribution is -0.121. The molecule has 6 nitrogen and oxygen atoms in total. The van der Waals surface area contributed by atoms with Gasteiger partial charge in [-0.3, -0.25) is 19.3 Å². The van der Waals surface area contributed by atoms with Crippen molar-refractivity contribution in [1.29, 1.82) is 0 Å². The van der Waals surface area contributed by atoms with Crippen LogP contribution in [0, 0.1) is 0 Å². The SMILES string of the molecule is CN(C)Cc1ccc(-c2ccccc2CNC(=O)CCN2C(=O)c3ccccc3C2=O)cc1. The van der Waals surface area contributed by atoms with Gasteiger partial charge in [-0.25, -0.2) is 0 Å². The molecule has 33 heavy (non-hydrogen) atoms. The predicted molar refractivity (Wildman–Crippen MR) is 128 cm³/mol. The zero-order valence-corrected chi connectivity index (χ0v) is 18.9. The maximum Gasteiger partial charge on any atom is 0.261 e. The fourth-order valence-electron chi connectivity index (χ4n) is 4.05. The van der Waals surface area contributed by atoms with E-state index in [-0.39, 0.29) is 30.7 Å². The molecule has 1 aliphatic heterocycles. The van der Waals surface area contributed by atoms with Crippen LogP contribution in [-0.4, -0.2) is 48.2 Å². The fraction of sp³-hybridized carbons (Fsp3) is 0.222. The maximum absolute atomic E-state index is 12.5. The minimum atomic E-state index is -0.341. The van der Waals surface area contributed by atoms with E-state index in [0.29, 0.717) is 17.7 Å². The van der Waals surface area contributed by atoms with Crippen molar-refractivity contribution in [2.24, 2.45) is 0 Å². The summed E-state index contributed by atoms with van der Waals surface area (Å²) >= 11 is 0. The standard InChI is InChI=1S/C27H27N3O3/c1-29(2)18-19-11-13-20(14-12-19)22-8-4-3-7-21(22)17-28-25(31)15-16-30-26(32)23-9-5-6-10-24(23)27(30)33/h3-14H,15-18H2,1-2H3,(H,28,31). The lowest BCUT2D eigenvalue weighted by Crippen LogP contribution is -2.34. The first-order chi connectivity index (χ1) is 15.9. The number of rotatable bonds is 8. The zero-order chi connectivity index (χ0) is 23.4. The van der Waals surface area contributed by atoms with Crippen molar-refractivity contribution in [3.63, 3.8) is 0 Å². The number of imide groups is 1. The molecule has 0 fully saturated rings. The van der Waals surface area contributed by atoms with E-state index >= 15 is 0 Å². The summed E-state index contributed by atoms with van der Waals surface area (Å²) in [6, 6.07) is 23.1. The molecular formula is C27H27N3O3. The summed E-state index contributed by atoms with van der Waals surface area (Å²) in [6.45, 7) is 1.31. The van der Waals surface area contributed by atoms with Crippen LogP contribution in [0.4, 0.5) is 0 Å². The Bertz CT molecular complexity index is 1150. The van der Waals surface area contributed by atoms with Crippen molar-refractivity contribution in [3.8, 4) is 11.1 Å². The molecule has 3 aromatic carbocycles. The second-order valence-electron chi connectivity index (χ2n) is 8.43. The zero-order valence-electron chi connectivity index (χ0n) is 18.9. The van der Waals surface area contributed by atoms with Gasteiger partial charge in [-0.15, -0.1) is 0 Å². The van der Waals surface area contributed by atoms with Crippen molar-refractivity contribution >= 4 is 17.7 Å². The smallest absolute Gasteiger partial charge is 0.261 e. The van der Waals surface area contributed by atoms with Crippen molar-refractivity contribution in [2.75, 3.05) is 20.6 Å². The molecule has 0 atom stereocenters. The minimum Gasteiger partial charge on any atom is -0.352 e. The number of carbonyl (C=O) groups excluding carboxylic acids is 3. The number of fused-ring (bicyclic) bond motifs is 1. The number of amides is 3. The van der Waals surface area contributed by atoms with Crippen molar-refractivity contribution in [3.05, 3.63) is 95.1 Å². The van der Waals surface area contributed by atoms with Crippen LogP contribution >= 0.6 is 0 Å². The molecule has 0 spiro atoms. The van der Waals surface area contributed by atoms with Crippen LogP contribution in [0.15, 0.2) is 72.8 Å². The van der Waals surface area contributed by atoms with Gasteiger partial charge >= 0.3 is 0 Å². The van der Waals surface area contributed by atoms with Crippen LogP contribution < -0.4 is 5.32 Å². The maximum atomic E-state index is 12.5. The molecule has 0 radical (unpaired) electrons. The third-order valence-electron chi connectivity index (χ3n) is 5.70. The van der Waals surface area contributed by atoms with Crippen LogP contribution in [0.2, 0.25) is 0 Å². The molecule has 0 saturated heterocycles. The first-order valence-electron chi connectivity index (χ1n) is 11.0. The largest absolute Gasteiger partial charge is 0.352 e. The Balaban J connectivity index is 1.36. The van der Waals surface area contributed by atoms with E-state index in [1.54, 1.807) is 24.3 Å². The normalized spacial score (nSPS) is 12.9. The molecule has 1 heterocycles.